The summed E-state index contributed by atoms with van der Waals surface area (Å²) in [5, 5.41) is 4.02. The second-order valence-electron chi connectivity index (χ2n) is 6.82. The average Bonchev–Trinajstić information content (AvgIpc) is 2.99. The molecular formula is C20H23F4N5S3. The number of alkyl halides is 2. The normalized spacial score (nSPS) is 12.0. The zero-order valence-corrected chi connectivity index (χ0v) is 20.2. The van der Waals surface area contributed by atoms with Gasteiger partial charge in [-0.05, 0) is 37.1 Å². The highest BCUT2D eigenvalue weighted by atomic mass is 32.2. The lowest BCUT2D eigenvalue weighted by molar-refractivity contribution is 0.144. The van der Waals surface area contributed by atoms with Crippen molar-refractivity contribution >= 4 is 61.3 Å². The first kappa shape index (κ1) is 26.3. The number of nitrogens with two attached hydrogens (primary N) is 1. The first-order chi connectivity index (χ1) is 14.9. The molecule has 0 saturated heterocycles. The number of hydrogen-bond donors (Lipinski definition) is 4. The number of hydrogen-bond acceptors (Lipinski definition) is 7. The number of nitrogen functional groups attached to an aromatic ring is 1. The van der Waals surface area contributed by atoms with E-state index in [0.717, 1.165) is 0 Å². The number of thiol groups is 3. The smallest absolute Gasteiger partial charge is 0.238 e. The number of aryl methyl sites for hydroxylation is 1. The molecule has 0 aliphatic heterocycles. The molecule has 0 saturated carbocycles. The van der Waals surface area contributed by atoms with Crippen LogP contribution in [0, 0.1) is 18.6 Å². The van der Waals surface area contributed by atoms with Crippen LogP contribution in [0.1, 0.15) is 31.5 Å². The number of aromatic nitrogens is 3. The number of fused-ring (bicyclic) bond motifs is 1. The Bertz CT molecular complexity index is 1100. The van der Waals surface area contributed by atoms with Gasteiger partial charge in [0.2, 0.25) is 12.4 Å². The summed E-state index contributed by atoms with van der Waals surface area (Å²) in [7, 11) is 0. The maximum Gasteiger partial charge on any atom is 0.238 e. The molecule has 3 aromatic rings. The van der Waals surface area contributed by atoms with Crippen LogP contribution in [0.25, 0.3) is 16.6 Å². The largest absolute Gasteiger partial charge is 0.367 e. The molecule has 12 heteroatoms. The number of benzene rings is 1. The quantitative estimate of drug-likeness (QED) is 0.150. The van der Waals surface area contributed by atoms with Crippen molar-refractivity contribution in [1.82, 2.24) is 14.6 Å². The summed E-state index contributed by atoms with van der Waals surface area (Å²) >= 11 is 12.8. The van der Waals surface area contributed by atoms with Crippen LogP contribution in [0.2, 0.25) is 0 Å². The molecule has 0 radical (unpaired) electrons. The molecule has 32 heavy (non-hydrogen) atoms. The van der Waals surface area contributed by atoms with E-state index >= 15 is 0 Å². The summed E-state index contributed by atoms with van der Waals surface area (Å²) in [6.45, 7) is 4.85. The van der Waals surface area contributed by atoms with Gasteiger partial charge in [0.25, 0.3) is 0 Å². The Morgan fingerprint density at radius 3 is 2.34 bits per heavy atom. The zero-order valence-electron chi connectivity index (χ0n) is 17.5. The minimum absolute atomic E-state index is 0.0278. The summed E-state index contributed by atoms with van der Waals surface area (Å²) in [5.74, 6) is -1.16. The summed E-state index contributed by atoms with van der Waals surface area (Å²) in [4.78, 5) is 8.21. The van der Waals surface area contributed by atoms with E-state index in [-0.39, 0.29) is 30.0 Å². The third-order valence-corrected chi connectivity index (χ3v) is 4.66. The molecular weight excluding hydrogens is 482 g/mol. The van der Waals surface area contributed by atoms with Gasteiger partial charge in [0.15, 0.2) is 5.82 Å². The topological polar surface area (TPSA) is 68.6 Å². The van der Waals surface area contributed by atoms with Gasteiger partial charge >= 0.3 is 0 Å². The van der Waals surface area contributed by atoms with Crippen LogP contribution in [0.4, 0.5) is 29.2 Å². The van der Waals surface area contributed by atoms with Crippen molar-refractivity contribution in [3.63, 3.8) is 0 Å². The van der Waals surface area contributed by atoms with Crippen LogP contribution in [-0.4, -0.2) is 30.6 Å². The molecule has 2 N–H and O–H groups in total. The Kier molecular flexibility index (Phi) is 8.89. The lowest BCUT2D eigenvalue weighted by atomic mass is 10.0. The molecule has 0 aliphatic rings. The van der Waals surface area contributed by atoms with E-state index < -0.39 is 21.5 Å². The van der Waals surface area contributed by atoms with Crippen molar-refractivity contribution in [2.45, 2.75) is 43.4 Å². The highest BCUT2D eigenvalue weighted by Crippen LogP contribution is 2.37. The Labute approximate surface area is 199 Å². The molecule has 3 rings (SSSR count). The van der Waals surface area contributed by atoms with E-state index in [1.165, 1.54) is 29.9 Å². The maximum absolute atomic E-state index is 14.8. The van der Waals surface area contributed by atoms with Gasteiger partial charge in [-0.25, -0.2) is 27.1 Å². The van der Waals surface area contributed by atoms with Gasteiger partial charge in [0.05, 0.1) is 17.4 Å². The van der Waals surface area contributed by atoms with E-state index in [2.05, 4.69) is 53.0 Å². The van der Waals surface area contributed by atoms with Crippen LogP contribution in [0.15, 0.2) is 23.3 Å². The number of aliphatic imine (C=N–C) groups is 1. The zero-order chi connectivity index (χ0) is 24.2. The van der Waals surface area contributed by atoms with Crippen molar-refractivity contribution < 1.29 is 17.6 Å². The van der Waals surface area contributed by atoms with Gasteiger partial charge in [-0.15, -0.1) is 5.10 Å². The molecule has 0 fully saturated rings. The molecule has 2 aromatic heterocycles. The first-order valence-electron chi connectivity index (χ1n) is 9.45. The van der Waals surface area contributed by atoms with Crippen LogP contribution < -0.4 is 5.73 Å². The number of anilines is 1. The fourth-order valence-electron chi connectivity index (χ4n) is 2.94. The number of nitrogens with zero attached hydrogens (tertiary/aromatic N) is 4. The third-order valence-electron chi connectivity index (χ3n) is 4.19. The molecule has 1 aromatic carbocycles. The van der Waals surface area contributed by atoms with Gasteiger partial charge in [0, 0.05) is 24.6 Å². The Morgan fingerprint density at radius 1 is 1.22 bits per heavy atom. The van der Waals surface area contributed by atoms with Crippen molar-refractivity contribution in [2.75, 3.05) is 5.73 Å². The second kappa shape index (κ2) is 10.8. The molecule has 2 heterocycles. The first-order valence-corrected chi connectivity index (χ1v) is 10.8. The third kappa shape index (κ3) is 6.55. The van der Waals surface area contributed by atoms with E-state index in [1.54, 1.807) is 19.9 Å². The van der Waals surface area contributed by atoms with Crippen molar-refractivity contribution in [3.8, 4) is 11.1 Å². The van der Waals surface area contributed by atoms with E-state index in [1.807, 2.05) is 0 Å². The molecule has 174 valence electrons. The number of halogens is 4. The molecule has 0 atom stereocenters. The molecule has 0 amide bonds. The summed E-state index contributed by atoms with van der Waals surface area (Å²) in [6, 6.07) is 2.91. The summed E-state index contributed by atoms with van der Waals surface area (Å²) < 4.78 is 51.1. The summed E-state index contributed by atoms with van der Waals surface area (Å²) in [6.07, 6.45) is 0.693. The predicted molar refractivity (Wildman–Crippen MR) is 131 cm³/mol. The molecule has 0 spiro atoms. The highest BCUT2D eigenvalue weighted by Gasteiger charge is 2.24. The van der Waals surface area contributed by atoms with Crippen molar-refractivity contribution in [1.29, 1.82) is 0 Å². The summed E-state index contributed by atoms with van der Waals surface area (Å²) in [5.41, 5.74) is 7.78. The van der Waals surface area contributed by atoms with E-state index in [9.17, 15) is 17.6 Å². The Balaban J connectivity index is 0.000000654. The lowest BCUT2D eigenvalue weighted by Crippen LogP contribution is -2.13. The highest BCUT2D eigenvalue weighted by molar-refractivity contribution is 8.16. The van der Waals surface area contributed by atoms with Crippen LogP contribution in [0.5, 0.6) is 0 Å². The SMILES string of the molecule is CC=Nc1c(C)cc(-c2c(F)cn3nc(N)nc(CC(S)(S)S)c23)cc1F.CCC(F)F. The maximum atomic E-state index is 14.8. The van der Waals surface area contributed by atoms with E-state index in [4.69, 9.17) is 5.73 Å². The lowest BCUT2D eigenvalue weighted by Gasteiger charge is -2.16. The van der Waals surface area contributed by atoms with Gasteiger partial charge in [-0.1, -0.05) is 6.92 Å². The standard InChI is InChI=1S/C17H17F2N5S3.C3H6F2/c1-3-21-14-8(2)4-9(5-10(14)18)13-11(19)7-24-15(13)12(6-17(25,26)27)22-16(20)23-24;1-2-3(4)5/h3-5,7,25-27H,6H2,1-2H3,(H2,20,23);3H,2H2,1H3. The molecule has 0 unspecified atom stereocenters. The average molecular weight is 506 g/mol. The van der Waals surface area contributed by atoms with Gasteiger partial charge in [0.1, 0.15) is 14.9 Å². The van der Waals surface area contributed by atoms with E-state index in [0.29, 0.717) is 22.3 Å². The van der Waals surface area contributed by atoms with Gasteiger partial charge in [-0.2, -0.15) is 37.9 Å². The molecule has 5 nitrogen and oxygen atoms in total. The molecule has 0 bridgehead atoms. The minimum atomic E-state index is -2.12. The molecule has 0 aliphatic carbocycles. The Morgan fingerprint density at radius 2 is 1.84 bits per heavy atom. The van der Waals surface area contributed by atoms with Crippen molar-refractivity contribution in [2.24, 2.45) is 4.99 Å². The van der Waals surface area contributed by atoms with Gasteiger partial charge in [-0.3, -0.25) is 4.99 Å². The Hall–Kier alpha value is -1.92. The van der Waals surface area contributed by atoms with Crippen LogP contribution >= 0.6 is 37.9 Å². The predicted octanol–water partition coefficient (Wildman–Crippen LogP) is 5.93. The second-order valence-corrected chi connectivity index (χ2v) is 10.2. The van der Waals surface area contributed by atoms with Crippen LogP contribution in [0.3, 0.4) is 0 Å². The van der Waals surface area contributed by atoms with Crippen LogP contribution in [-0.2, 0) is 6.42 Å². The monoisotopic (exact) mass is 505 g/mol. The fraction of sp³-hybridized carbons (Fsp3) is 0.350. The van der Waals surface area contributed by atoms with Gasteiger partial charge < -0.3 is 5.73 Å². The number of rotatable bonds is 5. The minimum Gasteiger partial charge on any atom is -0.367 e. The van der Waals surface area contributed by atoms with Crippen molar-refractivity contribution in [3.05, 3.63) is 41.2 Å². The fourth-order valence-corrected chi connectivity index (χ4v) is 3.39.